The zero-order valence-electron chi connectivity index (χ0n) is 13.8. The van der Waals surface area contributed by atoms with Gasteiger partial charge in [0.25, 0.3) is 0 Å². The molecular formula is C19H16N2O3S. The van der Waals surface area contributed by atoms with Crippen LogP contribution in [0.4, 0.5) is 0 Å². The standard InChI is InChI=1S/C19H16N2O3S/c1-22-12-7-8-13(16(10-12)23-2)17-20-18-14(19(25)21-17)9-11-5-3-4-6-15(11)24-18/h3-8,10H,9H2,1-2H3,(H,20,21,25). The summed E-state index contributed by atoms with van der Waals surface area (Å²) in [5.74, 6) is 3.42. The first-order valence-corrected chi connectivity index (χ1v) is 8.22. The molecule has 0 unspecified atom stereocenters. The third-order valence-electron chi connectivity index (χ3n) is 4.19. The van der Waals surface area contributed by atoms with Crippen LogP contribution < -0.4 is 14.2 Å². The molecule has 5 nitrogen and oxygen atoms in total. The summed E-state index contributed by atoms with van der Waals surface area (Å²) >= 11 is 5.51. The molecule has 0 fully saturated rings. The van der Waals surface area contributed by atoms with Gasteiger partial charge in [0, 0.05) is 12.5 Å². The van der Waals surface area contributed by atoms with E-state index in [0.29, 0.717) is 34.3 Å². The van der Waals surface area contributed by atoms with Crippen LogP contribution in [0.15, 0.2) is 42.5 Å². The molecule has 0 bridgehead atoms. The second-order valence-corrected chi connectivity index (χ2v) is 6.04. The maximum absolute atomic E-state index is 6.01. The Morgan fingerprint density at radius 3 is 2.76 bits per heavy atom. The Bertz CT molecular complexity index is 1010. The molecule has 0 radical (unpaired) electrons. The van der Waals surface area contributed by atoms with Crippen molar-refractivity contribution in [2.75, 3.05) is 14.2 Å². The van der Waals surface area contributed by atoms with E-state index in [1.807, 2.05) is 42.5 Å². The predicted molar refractivity (Wildman–Crippen MR) is 97.3 cm³/mol. The average Bonchev–Trinajstić information content (AvgIpc) is 2.66. The molecule has 0 spiro atoms. The molecule has 25 heavy (non-hydrogen) atoms. The quantitative estimate of drug-likeness (QED) is 0.549. The number of nitrogens with zero attached hydrogens (tertiary/aromatic N) is 1. The Labute approximate surface area is 150 Å². The van der Waals surface area contributed by atoms with E-state index in [2.05, 4.69) is 9.97 Å². The van der Waals surface area contributed by atoms with Crippen LogP contribution in [0.3, 0.4) is 0 Å². The maximum atomic E-state index is 6.01. The van der Waals surface area contributed by atoms with E-state index in [0.717, 1.165) is 22.4 Å². The average molecular weight is 352 g/mol. The van der Waals surface area contributed by atoms with Gasteiger partial charge in [0.1, 0.15) is 27.7 Å². The minimum atomic E-state index is 0.524. The smallest absolute Gasteiger partial charge is 0.205 e. The minimum Gasteiger partial charge on any atom is -0.497 e. The van der Waals surface area contributed by atoms with Crippen LogP contribution in [-0.2, 0) is 6.42 Å². The molecule has 1 N–H and O–H groups in total. The van der Waals surface area contributed by atoms with Crippen molar-refractivity contribution in [3.05, 3.63) is 58.2 Å². The van der Waals surface area contributed by atoms with E-state index in [1.165, 1.54) is 0 Å². The number of methoxy groups -OCH3 is 2. The van der Waals surface area contributed by atoms with Gasteiger partial charge in [-0.15, -0.1) is 0 Å². The third-order valence-corrected chi connectivity index (χ3v) is 4.53. The molecule has 1 aliphatic rings. The molecule has 3 aromatic rings. The fourth-order valence-electron chi connectivity index (χ4n) is 2.89. The molecule has 2 heterocycles. The summed E-state index contributed by atoms with van der Waals surface area (Å²) in [6, 6.07) is 13.5. The second-order valence-electron chi connectivity index (χ2n) is 5.65. The van der Waals surface area contributed by atoms with Gasteiger partial charge in [0.15, 0.2) is 0 Å². The highest BCUT2D eigenvalue weighted by atomic mass is 32.1. The van der Waals surface area contributed by atoms with Crippen molar-refractivity contribution >= 4 is 12.2 Å². The van der Waals surface area contributed by atoms with Crippen LogP contribution in [-0.4, -0.2) is 24.2 Å². The first-order chi connectivity index (χ1) is 12.2. The van der Waals surface area contributed by atoms with Crippen molar-refractivity contribution in [2.24, 2.45) is 0 Å². The Morgan fingerprint density at radius 2 is 1.96 bits per heavy atom. The maximum Gasteiger partial charge on any atom is 0.205 e. The number of hydrogen-bond donors (Lipinski definition) is 1. The van der Waals surface area contributed by atoms with Gasteiger partial charge in [-0.1, -0.05) is 30.4 Å². The number of benzene rings is 2. The monoisotopic (exact) mass is 352 g/mol. The summed E-state index contributed by atoms with van der Waals surface area (Å²) in [5, 5.41) is 0. The van der Waals surface area contributed by atoms with Crippen molar-refractivity contribution in [3.63, 3.8) is 0 Å². The molecule has 1 aromatic heterocycles. The van der Waals surface area contributed by atoms with Gasteiger partial charge in [0.2, 0.25) is 5.88 Å². The lowest BCUT2D eigenvalue weighted by molar-refractivity contribution is 0.395. The van der Waals surface area contributed by atoms with Gasteiger partial charge < -0.3 is 19.2 Å². The third kappa shape index (κ3) is 2.74. The Hall–Kier alpha value is -2.86. The second kappa shape index (κ2) is 6.22. The molecule has 0 aliphatic carbocycles. The van der Waals surface area contributed by atoms with Crippen LogP contribution in [0.25, 0.3) is 11.4 Å². The molecule has 0 saturated carbocycles. The Kier molecular flexibility index (Phi) is 3.89. The van der Waals surface area contributed by atoms with Crippen molar-refractivity contribution in [3.8, 4) is 34.5 Å². The van der Waals surface area contributed by atoms with E-state index in [1.54, 1.807) is 14.2 Å². The number of aromatic nitrogens is 2. The van der Waals surface area contributed by atoms with Crippen LogP contribution in [0.2, 0.25) is 0 Å². The lowest BCUT2D eigenvalue weighted by Gasteiger charge is -2.20. The molecule has 4 rings (SSSR count). The molecular weight excluding hydrogens is 336 g/mol. The van der Waals surface area contributed by atoms with Crippen molar-refractivity contribution in [2.45, 2.75) is 6.42 Å². The molecule has 0 atom stereocenters. The Balaban J connectivity index is 1.82. The highest BCUT2D eigenvalue weighted by Gasteiger charge is 2.21. The Morgan fingerprint density at radius 1 is 1.12 bits per heavy atom. The highest BCUT2D eigenvalue weighted by molar-refractivity contribution is 7.71. The van der Waals surface area contributed by atoms with Crippen molar-refractivity contribution in [1.29, 1.82) is 0 Å². The summed E-state index contributed by atoms with van der Waals surface area (Å²) in [7, 11) is 3.22. The van der Waals surface area contributed by atoms with E-state index in [-0.39, 0.29) is 0 Å². The molecule has 0 amide bonds. The van der Waals surface area contributed by atoms with Gasteiger partial charge in [-0.05, 0) is 23.8 Å². The summed E-state index contributed by atoms with van der Waals surface area (Å²) in [4.78, 5) is 7.81. The highest BCUT2D eigenvalue weighted by Crippen LogP contribution is 2.38. The number of hydrogen-bond acceptors (Lipinski definition) is 5. The number of H-pyrrole nitrogens is 1. The number of nitrogens with one attached hydrogen (secondary N) is 1. The van der Waals surface area contributed by atoms with Crippen molar-refractivity contribution in [1.82, 2.24) is 9.97 Å². The fraction of sp³-hybridized carbons (Fsp3) is 0.158. The predicted octanol–water partition coefficient (Wildman–Crippen LogP) is 4.52. The number of ether oxygens (including phenoxy) is 3. The van der Waals surface area contributed by atoms with E-state index < -0.39 is 0 Å². The fourth-order valence-corrected chi connectivity index (χ4v) is 3.15. The van der Waals surface area contributed by atoms with E-state index >= 15 is 0 Å². The normalized spacial score (nSPS) is 11.9. The largest absolute Gasteiger partial charge is 0.497 e. The first-order valence-electron chi connectivity index (χ1n) is 7.81. The van der Waals surface area contributed by atoms with Crippen LogP contribution >= 0.6 is 12.2 Å². The topological polar surface area (TPSA) is 56.4 Å². The van der Waals surface area contributed by atoms with E-state index in [4.69, 9.17) is 26.4 Å². The summed E-state index contributed by atoms with van der Waals surface area (Å²) in [5.41, 5.74) is 2.79. The van der Waals surface area contributed by atoms with Gasteiger partial charge in [-0.25, -0.2) is 4.98 Å². The first kappa shape index (κ1) is 15.7. The summed E-state index contributed by atoms with van der Waals surface area (Å²) < 4.78 is 17.2. The molecule has 126 valence electrons. The van der Waals surface area contributed by atoms with Crippen LogP contribution in [0.1, 0.15) is 11.1 Å². The summed E-state index contributed by atoms with van der Waals surface area (Å²) in [6.45, 7) is 0. The van der Waals surface area contributed by atoms with E-state index in [9.17, 15) is 0 Å². The number of rotatable bonds is 3. The van der Waals surface area contributed by atoms with Gasteiger partial charge in [0.05, 0.1) is 25.3 Å². The van der Waals surface area contributed by atoms with Crippen LogP contribution in [0.5, 0.6) is 23.1 Å². The molecule has 1 aliphatic heterocycles. The zero-order chi connectivity index (χ0) is 17.4. The number of para-hydroxylation sites is 1. The van der Waals surface area contributed by atoms with Gasteiger partial charge >= 0.3 is 0 Å². The molecule has 2 aromatic carbocycles. The van der Waals surface area contributed by atoms with Crippen LogP contribution in [0, 0.1) is 4.64 Å². The molecule has 0 saturated heterocycles. The SMILES string of the molecule is COc1ccc(-c2nc(=S)c3c([nH]2)Oc2ccccc2C3)c(OC)c1. The molecule has 6 heteroatoms. The van der Waals surface area contributed by atoms with Gasteiger partial charge in [-0.3, -0.25) is 0 Å². The minimum absolute atomic E-state index is 0.524. The lowest BCUT2D eigenvalue weighted by Crippen LogP contribution is -2.08. The summed E-state index contributed by atoms with van der Waals surface area (Å²) in [6.07, 6.45) is 0.702. The number of fused-ring (bicyclic) bond motifs is 2. The van der Waals surface area contributed by atoms with Crippen molar-refractivity contribution < 1.29 is 14.2 Å². The zero-order valence-corrected chi connectivity index (χ0v) is 14.6. The number of aromatic amines is 1. The lowest BCUT2D eigenvalue weighted by atomic mass is 10.0. The van der Waals surface area contributed by atoms with Gasteiger partial charge in [-0.2, -0.15) is 0 Å².